The first-order valence-electron chi connectivity index (χ1n) is 18.2. The highest BCUT2D eigenvalue weighted by atomic mass is 32.2. The monoisotopic (exact) mass is 745 g/mol. The van der Waals surface area contributed by atoms with Crippen molar-refractivity contribution in [2.45, 2.75) is 87.9 Å². The van der Waals surface area contributed by atoms with Crippen LogP contribution in [0, 0.1) is 5.92 Å². The van der Waals surface area contributed by atoms with Crippen molar-refractivity contribution >= 4 is 23.8 Å². The fraction of sp³-hybridized carbons (Fsp3) is 0.395. The highest BCUT2D eigenvalue weighted by Gasteiger charge is 2.45. The summed E-state index contributed by atoms with van der Waals surface area (Å²) in [5.41, 5.74) is 2.34. The van der Waals surface area contributed by atoms with Gasteiger partial charge in [0.15, 0.2) is 0 Å². The van der Waals surface area contributed by atoms with Crippen LogP contribution in [0.2, 0.25) is 0 Å². The van der Waals surface area contributed by atoms with Gasteiger partial charge < -0.3 is 20.3 Å². The van der Waals surface area contributed by atoms with Crippen molar-refractivity contribution in [2.24, 2.45) is 5.92 Å². The molecule has 282 valence electrons. The predicted octanol–water partition coefficient (Wildman–Crippen LogP) is 9.43. The normalized spacial score (nSPS) is 17.6. The van der Waals surface area contributed by atoms with Gasteiger partial charge in [0.1, 0.15) is 5.60 Å². The maximum Gasteiger partial charge on any atom is 0.416 e. The number of benzene rings is 4. The molecule has 4 aromatic rings. The zero-order chi connectivity index (χ0) is 38.2. The van der Waals surface area contributed by atoms with E-state index in [4.69, 9.17) is 4.74 Å². The molecule has 1 aliphatic heterocycles. The van der Waals surface area contributed by atoms with E-state index >= 15 is 0 Å². The molecule has 53 heavy (non-hydrogen) atoms. The largest absolute Gasteiger partial charge is 0.444 e. The highest BCUT2D eigenvalue weighted by molar-refractivity contribution is 8.01. The smallest absolute Gasteiger partial charge is 0.416 e. The molecule has 4 aromatic carbocycles. The van der Waals surface area contributed by atoms with E-state index in [2.05, 4.69) is 47.0 Å². The molecule has 6 nitrogen and oxygen atoms in total. The summed E-state index contributed by atoms with van der Waals surface area (Å²) in [6, 6.07) is 35.3. The maximum atomic E-state index is 13.8. The zero-order valence-corrected chi connectivity index (χ0v) is 31.8. The number of nitrogens with zero attached hydrogens (tertiary/aromatic N) is 1. The van der Waals surface area contributed by atoms with E-state index in [1.165, 1.54) is 6.07 Å². The molecule has 0 radical (unpaired) electrons. The number of likely N-dealkylation sites (tertiary alicyclic amines) is 1. The Morgan fingerprint density at radius 1 is 0.830 bits per heavy atom. The van der Waals surface area contributed by atoms with E-state index in [1.807, 2.05) is 89.2 Å². The van der Waals surface area contributed by atoms with E-state index in [1.54, 1.807) is 22.7 Å². The molecular weight excluding hydrogens is 696 g/mol. The summed E-state index contributed by atoms with van der Waals surface area (Å²) >= 11 is 1.81. The molecular formula is C43H50F3N3O3S. The number of hydrogen-bond acceptors (Lipinski definition) is 5. The second kappa shape index (κ2) is 17.2. The minimum absolute atomic E-state index is 0.0329. The Labute approximate surface area is 315 Å². The van der Waals surface area contributed by atoms with Crippen LogP contribution in [-0.2, 0) is 27.0 Å². The Balaban J connectivity index is 1.40. The number of amides is 2. The van der Waals surface area contributed by atoms with Gasteiger partial charge in [0, 0.05) is 24.9 Å². The van der Waals surface area contributed by atoms with E-state index in [9.17, 15) is 22.8 Å². The second-order valence-corrected chi connectivity index (χ2v) is 16.2. The summed E-state index contributed by atoms with van der Waals surface area (Å²) in [6.45, 7) is 10.1. The van der Waals surface area contributed by atoms with Gasteiger partial charge in [-0.15, -0.1) is 11.8 Å². The van der Waals surface area contributed by atoms with E-state index in [0.717, 1.165) is 28.8 Å². The van der Waals surface area contributed by atoms with Crippen molar-refractivity contribution in [1.82, 2.24) is 15.5 Å². The lowest BCUT2D eigenvalue weighted by Gasteiger charge is -2.37. The number of alkyl halides is 3. The van der Waals surface area contributed by atoms with Crippen LogP contribution in [0.3, 0.4) is 0 Å². The number of ether oxygens (including phenoxy) is 1. The van der Waals surface area contributed by atoms with Crippen LogP contribution in [-0.4, -0.2) is 52.9 Å². The van der Waals surface area contributed by atoms with Crippen molar-refractivity contribution in [2.75, 3.05) is 13.1 Å². The summed E-state index contributed by atoms with van der Waals surface area (Å²) < 4.78 is 45.4. The Morgan fingerprint density at radius 3 is 1.85 bits per heavy atom. The molecule has 0 aliphatic carbocycles. The maximum absolute atomic E-state index is 13.8. The van der Waals surface area contributed by atoms with E-state index < -0.39 is 34.2 Å². The topological polar surface area (TPSA) is 70.7 Å². The molecule has 5 rings (SSSR count). The van der Waals surface area contributed by atoms with Crippen LogP contribution >= 0.6 is 11.8 Å². The summed E-state index contributed by atoms with van der Waals surface area (Å²) in [7, 11) is 0. The lowest BCUT2D eigenvalue weighted by Crippen LogP contribution is -2.51. The lowest BCUT2D eigenvalue weighted by atomic mass is 9.84. The summed E-state index contributed by atoms with van der Waals surface area (Å²) in [6.07, 6.45) is -3.61. The van der Waals surface area contributed by atoms with Gasteiger partial charge in [-0.2, -0.15) is 13.2 Å². The molecule has 1 fully saturated rings. The van der Waals surface area contributed by atoms with Gasteiger partial charge in [0.2, 0.25) is 5.91 Å². The third kappa shape index (κ3) is 10.0. The molecule has 1 aliphatic rings. The van der Waals surface area contributed by atoms with Crippen molar-refractivity contribution in [3.05, 3.63) is 143 Å². The molecule has 0 bridgehead atoms. The van der Waals surface area contributed by atoms with Crippen molar-refractivity contribution in [3.63, 3.8) is 0 Å². The third-order valence-corrected chi connectivity index (χ3v) is 11.4. The molecule has 0 aromatic heterocycles. The summed E-state index contributed by atoms with van der Waals surface area (Å²) in [5.74, 6) is -0.364. The van der Waals surface area contributed by atoms with Gasteiger partial charge >= 0.3 is 12.3 Å². The first kappa shape index (κ1) is 39.9. The van der Waals surface area contributed by atoms with Gasteiger partial charge in [-0.25, -0.2) is 4.79 Å². The molecule has 1 saturated heterocycles. The van der Waals surface area contributed by atoms with Gasteiger partial charge in [-0.3, -0.25) is 4.79 Å². The lowest BCUT2D eigenvalue weighted by molar-refractivity contribution is -0.137. The second-order valence-electron chi connectivity index (χ2n) is 14.7. The van der Waals surface area contributed by atoms with Crippen LogP contribution < -0.4 is 10.6 Å². The number of nitrogens with one attached hydrogen (secondary N) is 2. The van der Waals surface area contributed by atoms with Gasteiger partial charge in [0.05, 0.1) is 22.4 Å². The molecule has 2 amide bonds. The van der Waals surface area contributed by atoms with E-state index in [0.29, 0.717) is 24.9 Å². The van der Waals surface area contributed by atoms with Crippen molar-refractivity contribution in [1.29, 1.82) is 0 Å². The summed E-state index contributed by atoms with van der Waals surface area (Å²) in [5, 5.41) is 6.28. The minimum Gasteiger partial charge on any atom is -0.444 e. The van der Waals surface area contributed by atoms with Crippen LogP contribution in [0.4, 0.5) is 18.0 Å². The average Bonchev–Trinajstić information content (AvgIpc) is 3.55. The Hall–Kier alpha value is -4.28. The Morgan fingerprint density at radius 2 is 1.36 bits per heavy atom. The summed E-state index contributed by atoms with van der Waals surface area (Å²) in [4.78, 5) is 29.3. The average molecular weight is 746 g/mol. The number of thioether (sulfide) groups is 1. The number of carbonyl (C=O) groups is 2. The molecule has 0 saturated carbocycles. The molecule has 1 heterocycles. The molecule has 10 heteroatoms. The molecule has 2 N–H and O–H groups in total. The number of hydrogen-bond donors (Lipinski definition) is 2. The van der Waals surface area contributed by atoms with E-state index in [-0.39, 0.29) is 36.2 Å². The number of carbonyl (C=O) groups excluding carboxylic acids is 2. The SMILES string of the molecule is CC[C@H](C)[C@H](NCc1cccc(C(F)(F)F)c1)C(=O)NCC1CC(SC(c2ccccc2)(c2ccccc2)c2ccccc2)CN1C(=O)OC(C)(C)C. The van der Waals surface area contributed by atoms with Crippen molar-refractivity contribution < 1.29 is 27.5 Å². The fourth-order valence-electron chi connectivity index (χ4n) is 6.87. The first-order valence-corrected chi connectivity index (χ1v) is 19.1. The van der Waals surface area contributed by atoms with Crippen molar-refractivity contribution in [3.8, 4) is 0 Å². The third-order valence-electron chi connectivity index (χ3n) is 9.68. The first-order chi connectivity index (χ1) is 25.2. The highest BCUT2D eigenvalue weighted by Crippen LogP contribution is 2.52. The van der Waals surface area contributed by atoms with Gasteiger partial charge in [-0.05, 0) is 61.4 Å². The van der Waals surface area contributed by atoms with Crippen LogP contribution in [0.15, 0.2) is 115 Å². The quantitative estimate of drug-likeness (QED) is 0.134. The fourth-order valence-corrected chi connectivity index (χ4v) is 8.74. The van der Waals surface area contributed by atoms with Gasteiger partial charge in [-0.1, -0.05) is 129 Å². The Kier molecular flexibility index (Phi) is 13.0. The predicted molar refractivity (Wildman–Crippen MR) is 206 cm³/mol. The van der Waals surface area contributed by atoms with Crippen LogP contribution in [0.25, 0.3) is 0 Å². The Bertz CT molecular complexity index is 1690. The zero-order valence-electron chi connectivity index (χ0n) is 31.0. The number of halogens is 3. The number of rotatable bonds is 13. The van der Waals surface area contributed by atoms with Crippen LogP contribution in [0.5, 0.6) is 0 Å². The minimum atomic E-state index is -4.45. The molecule has 0 spiro atoms. The molecule has 2 unspecified atom stereocenters. The standard InChI is InChI=1S/C43H50F3N3O3S/c1-6-30(2)38(47-27-31-17-16-24-35(25-31)43(44,45)46)39(50)48-28-36-26-37(29-49(36)40(51)52-41(3,4)5)53-42(32-18-10-7-11-19-32,33-20-12-8-13-21-33)34-22-14-9-15-23-34/h7-25,30,36-38,47H,6,26-29H2,1-5H3,(H,48,50)/t30-,36?,37?,38-/m0/s1. The van der Waals surface area contributed by atoms with Crippen LogP contribution in [0.1, 0.15) is 75.3 Å². The molecule has 4 atom stereocenters. The van der Waals surface area contributed by atoms with Gasteiger partial charge in [0.25, 0.3) is 0 Å².